The third-order valence-corrected chi connectivity index (χ3v) is 11.0. The third kappa shape index (κ3) is 6.35. The van der Waals surface area contributed by atoms with Crippen molar-refractivity contribution < 1.29 is 9.53 Å². The molecule has 4 aliphatic rings. The Morgan fingerprint density at radius 1 is 0.857 bits per heavy atom. The molecule has 0 heterocycles. The fraction of sp³-hybridized carbons (Fsp3) is 0.966. The molecular weight excluding hydrogens is 479 g/mol. The predicted octanol–water partition coefficient (Wildman–Crippen LogP) is 6.55. The molecule has 0 bridgehead atoms. The summed E-state index contributed by atoms with van der Waals surface area (Å²) in [7, 11) is 8.95. The highest BCUT2D eigenvalue weighted by atomic mass is 35.5. The van der Waals surface area contributed by atoms with E-state index in [0.29, 0.717) is 10.8 Å². The highest BCUT2D eigenvalue weighted by molar-refractivity contribution is 5.85. The lowest BCUT2D eigenvalue weighted by Crippen LogP contribution is -2.54. The van der Waals surface area contributed by atoms with Gasteiger partial charge in [-0.3, -0.25) is 4.79 Å². The Bertz CT molecular complexity index is 694. The molecule has 0 aliphatic heterocycles. The summed E-state index contributed by atoms with van der Waals surface area (Å²) in [6.45, 7) is 9.32. The smallest absolute Gasteiger partial charge is 0.302 e. The molecule has 0 aromatic heterocycles. The molecule has 0 radical (unpaired) electrons. The molecule has 4 rings (SSSR count). The van der Waals surface area contributed by atoms with Gasteiger partial charge in [-0.25, -0.2) is 0 Å². The molecule has 4 fully saturated rings. The summed E-state index contributed by atoms with van der Waals surface area (Å²) < 4.78 is 5.67. The van der Waals surface area contributed by atoms with E-state index in [1.54, 1.807) is 6.92 Å². The number of nitrogens with zero attached hydrogens (tertiary/aromatic N) is 2. The summed E-state index contributed by atoms with van der Waals surface area (Å²) >= 11 is 0. The lowest BCUT2D eigenvalue weighted by Gasteiger charge is -2.61. The molecule has 0 aromatic carbocycles. The van der Waals surface area contributed by atoms with E-state index in [-0.39, 0.29) is 36.9 Å². The van der Waals surface area contributed by atoms with Gasteiger partial charge in [0.2, 0.25) is 0 Å². The average molecular weight is 534 g/mol. The number of halogens is 2. The van der Waals surface area contributed by atoms with Crippen molar-refractivity contribution in [3.8, 4) is 0 Å². The molecule has 6 heteroatoms. The lowest BCUT2D eigenvalue weighted by atomic mass is 9.44. The van der Waals surface area contributed by atoms with E-state index in [0.717, 1.165) is 48.3 Å². The van der Waals surface area contributed by atoms with Crippen LogP contribution >= 0.6 is 24.8 Å². The second-order valence-electron chi connectivity index (χ2n) is 13.6. The first-order valence-electron chi connectivity index (χ1n) is 14.0. The van der Waals surface area contributed by atoms with Gasteiger partial charge in [0.05, 0.1) is 0 Å². The van der Waals surface area contributed by atoms with Gasteiger partial charge < -0.3 is 14.5 Å². The predicted molar refractivity (Wildman–Crippen MR) is 150 cm³/mol. The van der Waals surface area contributed by atoms with Crippen LogP contribution in [0.25, 0.3) is 0 Å². The van der Waals surface area contributed by atoms with E-state index in [9.17, 15) is 4.79 Å². The zero-order valence-electron chi connectivity index (χ0n) is 23.6. The van der Waals surface area contributed by atoms with Gasteiger partial charge >= 0.3 is 5.97 Å². The highest BCUT2D eigenvalue weighted by Crippen LogP contribution is 2.68. The van der Waals surface area contributed by atoms with E-state index < -0.39 is 0 Å². The Kier molecular flexibility index (Phi) is 10.9. The molecule has 4 nitrogen and oxygen atoms in total. The van der Waals surface area contributed by atoms with Crippen molar-refractivity contribution in [2.24, 2.45) is 46.3 Å². The first-order chi connectivity index (χ1) is 15.5. The third-order valence-electron chi connectivity index (χ3n) is 11.0. The number of hydrogen-bond acceptors (Lipinski definition) is 4. The van der Waals surface area contributed by atoms with Crippen molar-refractivity contribution in [1.29, 1.82) is 0 Å². The Morgan fingerprint density at radius 2 is 1.46 bits per heavy atom. The van der Waals surface area contributed by atoms with Gasteiger partial charge in [-0.2, -0.15) is 0 Å². The molecule has 0 unspecified atom stereocenters. The fourth-order valence-corrected chi connectivity index (χ4v) is 9.70. The van der Waals surface area contributed by atoms with E-state index in [1.165, 1.54) is 64.5 Å². The molecule has 0 spiro atoms. The van der Waals surface area contributed by atoms with Crippen LogP contribution in [0.4, 0.5) is 0 Å². The number of hydrogen-bond donors (Lipinski definition) is 0. The maximum absolute atomic E-state index is 11.5. The first-order valence-corrected chi connectivity index (χ1v) is 14.0. The molecule has 0 amide bonds. The van der Waals surface area contributed by atoms with Gasteiger partial charge in [0.15, 0.2) is 0 Å². The summed E-state index contributed by atoms with van der Waals surface area (Å²) in [6, 6.07) is 0. The minimum atomic E-state index is -0.0930. The molecule has 206 valence electrons. The van der Waals surface area contributed by atoms with Crippen molar-refractivity contribution in [3.05, 3.63) is 0 Å². The normalized spacial score (nSPS) is 40.4. The van der Waals surface area contributed by atoms with Gasteiger partial charge in [-0.1, -0.05) is 13.8 Å². The van der Waals surface area contributed by atoms with Crippen molar-refractivity contribution in [2.45, 2.75) is 91.1 Å². The molecule has 4 saturated carbocycles. The lowest BCUT2D eigenvalue weighted by molar-refractivity contribution is -0.160. The summed E-state index contributed by atoms with van der Waals surface area (Å²) in [5.74, 6) is 5.10. The quantitative estimate of drug-likeness (QED) is 0.348. The largest absolute Gasteiger partial charge is 0.463 e. The van der Waals surface area contributed by atoms with Crippen LogP contribution in [0, 0.1) is 46.3 Å². The van der Waals surface area contributed by atoms with Gasteiger partial charge in [0.25, 0.3) is 0 Å². The van der Waals surface area contributed by atoms with Crippen LogP contribution in [0.3, 0.4) is 0 Å². The van der Waals surface area contributed by atoms with Crippen molar-refractivity contribution in [3.63, 3.8) is 0 Å². The molecular formula is C29H54Cl2N2O2. The van der Waals surface area contributed by atoms with Crippen LogP contribution in [0.15, 0.2) is 0 Å². The van der Waals surface area contributed by atoms with Gasteiger partial charge in [0, 0.05) is 20.0 Å². The van der Waals surface area contributed by atoms with Crippen LogP contribution in [0.5, 0.6) is 0 Å². The van der Waals surface area contributed by atoms with Crippen LogP contribution in [-0.2, 0) is 9.53 Å². The first kappa shape index (κ1) is 31.2. The number of fused-ring (bicyclic) bond motifs is 5. The average Bonchev–Trinajstić information content (AvgIpc) is 3.03. The number of carbonyl (C=O) groups is 1. The SMILES string of the molecule is CC(=O)O[C@@H]1CC[C@@]2(C)[C@H](CC[C@@H]3[C@@H]2CC[C@]2(C)[C@@H](CC(CN(C)C)CN(C)C)CC[C@@H]32)C1.Cl.Cl. The van der Waals surface area contributed by atoms with Crippen LogP contribution in [0.1, 0.15) is 85.0 Å². The fourth-order valence-electron chi connectivity index (χ4n) is 9.70. The van der Waals surface area contributed by atoms with Crippen LogP contribution in [0.2, 0.25) is 0 Å². The topological polar surface area (TPSA) is 32.8 Å². The zero-order valence-corrected chi connectivity index (χ0v) is 25.2. The van der Waals surface area contributed by atoms with Gasteiger partial charge in [-0.15, -0.1) is 24.8 Å². The zero-order chi connectivity index (χ0) is 24.0. The van der Waals surface area contributed by atoms with Crippen molar-refractivity contribution >= 4 is 30.8 Å². The maximum Gasteiger partial charge on any atom is 0.302 e. The Morgan fingerprint density at radius 3 is 2.06 bits per heavy atom. The summed E-state index contributed by atoms with van der Waals surface area (Å²) in [5.41, 5.74) is 1.02. The second-order valence-corrected chi connectivity index (χ2v) is 13.6. The maximum atomic E-state index is 11.5. The van der Waals surface area contributed by atoms with E-state index in [1.807, 2.05) is 0 Å². The molecule has 0 N–H and O–H groups in total. The monoisotopic (exact) mass is 532 g/mol. The summed E-state index contributed by atoms with van der Waals surface area (Å²) in [6.07, 6.45) is 13.6. The second kappa shape index (κ2) is 12.2. The van der Waals surface area contributed by atoms with E-state index >= 15 is 0 Å². The molecule has 8 atom stereocenters. The van der Waals surface area contributed by atoms with Crippen molar-refractivity contribution in [2.75, 3.05) is 41.3 Å². The van der Waals surface area contributed by atoms with E-state index in [2.05, 4.69) is 51.8 Å². The van der Waals surface area contributed by atoms with Crippen molar-refractivity contribution in [1.82, 2.24) is 9.80 Å². The minimum Gasteiger partial charge on any atom is -0.463 e. The summed E-state index contributed by atoms with van der Waals surface area (Å²) in [5, 5.41) is 0. The Balaban J connectivity index is 0.00000216. The van der Waals surface area contributed by atoms with Crippen LogP contribution in [-0.4, -0.2) is 63.2 Å². The molecule has 0 aromatic rings. The number of rotatable bonds is 7. The molecule has 0 saturated heterocycles. The number of carbonyl (C=O) groups excluding carboxylic acids is 1. The highest BCUT2D eigenvalue weighted by Gasteiger charge is 2.60. The number of esters is 1. The Labute approximate surface area is 228 Å². The van der Waals surface area contributed by atoms with Gasteiger partial charge in [0.1, 0.15) is 6.10 Å². The Hall–Kier alpha value is -0.0300. The van der Waals surface area contributed by atoms with E-state index in [4.69, 9.17) is 4.74 Å². The van der Waals surface area contributed by atoms with Gasteiger partial charge in [-0.05, 0) is 139 Å². The molecule has 35 heavy (non-hydrogen) atoms. The van der Waals surface area contributed by atoms with Crippen LogP contribution < -0.4 is 0 Å². The summed E-state index contributed by atoms with van der Waals surface area (Å²) in [4.78, 5) is 16.3. The number of ether oxygens (including phenoxy) is 1. The molecule has 4 aliphatic carbocycles. The standard InChI is InChI=1S/C29H52N2O2.2ClH/c1-20(32)33-24-12-14-28(2)23(17-24)8-10-25-26-11-9-22(29(26,3)15-13-27(25)28)16-21(18-30(4)5)19-31(6)7;;/h21-27H,8-19H2,1-7H3;2*1H/t22-,23-,24-,25+,26+,27+,28+,29-;;/m1../s1. The minimum absolute atomic E-state index is 0.